The molecule has 17 heavy (non-hydrogen) atoms. The lowest BCUT2D eigenvalue weighted by atomic mass is 10.2. The summed E-state index contributed by atoms with van der Waals surface area (Å²) in [6, 6.07) is -1.55. The second-order valence-corrected chi connectivity index (χ2v) is 6.56. The minimum Gasteiger partial charge on any atom is -0.598 e. The summed E-state index contributed by atoms with van der Waals surface area (Å²) in [6.45, 7) is 7.35. The number of hydrogen-bond donors (Lipinski definition) is 1. The van der Waals surface area contributed by atoms with Crippen LogP contribution in [0.2, 0.25) is 0 Å². The van der Waals surface area contributed by atoms with Crippen LogP contribution in [0.25, 0.3) is 0 Å². The van der Waals surface area contributed by atoms with Crippen LogP contribution in [0, 0.1) is 0 Å². The van der Waals surface area contributed by atoms with Crippen molar-refractivity contribution in [3.63, 3.8) is 0 Å². The zero-order valence-corrected chi connectivity index (χ0v) is 11.5. The van der Waals surface area contributed by atoms with E-state index in [4.69, 9.17) is 0 Å². The van der Waals surface area contributed by atoms with E-state index in [1.165, 1.54) is 6.92 Å². The number of esters is 1. The zero-order chi connectivity index (χ0) is 13.9. The van der Waals surface area contributed by atoms with Gasteiger partial charge in [-0.15, -0.1) is 4.72 Å². The molecule has 102 valence electrons. The van der Waals surface area contributed by atoms with Crippen LogP contribution in [0.5, 0.6) is 0 Å². The molecule has 2 atom stereocenters. The summed E-state index contributed by atoms with van der Waals surface area (Å²) in [6.07, 6.45) is 0. The SMILES string of the molecule is CCOC(=O)C(F)(F)C(C)N[S@@+]([O-])C(C)(C)C. The molecule has 0 aromatic carbocycles. The minimum atomic E-state index is -3.70. The van der Waals surface area contributed by atoms with Crippen LogP contribution in [-0.2, 0) is 20.9 Å². The Morgan fingerprint density at radius 2 is 1.94 bits per heavy atom. The largest absolute Gasteiger partial charge is 0.598 e. The van der Waals surface area contributed by atoms with Crippen LogP contribution < -0.4 is 4.72 Å². The highest BCUT2D eigenvalue weighted by atomic mass is 32.2. The summed E-state index contributed by atoms with van der Waals surface area (Å²) < 4.78 is 44.4. The molecule has 0 radical (unpaired) electrons. The third-order valence-corrected chi connectivity index (χ3v) is 3.61. The molecule has 7 heteroatoms. The molecule has 1 unspecified atom stereocenters. The van der Waals surface area contributed by atoms with Crippen LogP contribution in [0.4, 0.5) is 8.78 Å². The Morgan fingerprint density at radius 3 is 2.29 bits per heavy atom. The van der Waals surface area contributed by atoms with E-state index in [0.29, 0.717) is 0 Å². The fourth-order valence-electron chi connectivity index (χ4n) is 0.815. The number of nitrogens with one attached hydrogen (secondary N) is 1. The highest BCUT2D eigenvalue weighted by Crippen LogP contribution is 2.23. The number of rotatable bonds is 5. The number of alkyl halides is 2. The summed E-state index contributed by atoms with van der Waals surface area (Å²) in [5.41, 5.74) is 0. The van der Waals surface area contributed by atoms with Crippen molar-refractivity contribution in [2.75, 3.05) is 6.61 Å². The zero-order valence-electron chi connectivity index (χ0n) is 10.7. The summed E-state index contributed by atoms with van der Waals surface area (Å²) in [5.74, 6) is -5.30. The molecule has 0 aliphatic heterocycles. The molecule has 0 aliphatic carbocycles. The van der Waals surface area contributed by atoms with Crippen molar-refractivity contribution < 1.29 is 22.9 Å². The van der Waals surface area contributed by atoms with Gasteiger partial charge in [0.1, 0.15) is 10.8 Å². The monoisotopic (exact) mass is 271 g/mol. The average molecular weight is 271 g/mol. The van der Waals surface area contributed by atoms with E-state index in [-0.39, 0.29) is 6.61 Å². The van der Waals surface area contributed by atoms with Crippen LogP contribution in [0.1, 0.15) is 34.6 Å². The predicted octanol–water partition coefficient (Wildman–Crippen LogP) is 1.63. The van der Waals surface area contributed by atoms with Gasteiger partial charge in [0, 0.05) is 11.4 Å². The van der Waals surface area contributed by atoms with Gasteiger partial charge in [-0.2, -0.15) is 8.78 Å². The van der Waals surface area contributed by atoms with Crippen LogP contribution in [0.3, 0.4) is 0 Å². The normalized spacial score (nSPS) is 16.5. The van der Waals surface area contributed by atoms with Gasteiger partial charge in [0.2, 0.25) is 0 Å². The lowest BCUT2D eigenvalue weighted by Gasteiger charge is -2.29. The van der Waals surface area contributed by atoms with Crippen molar-refractivity contribution >= 4 is 17.3 Å². The number of ether oxygens (including phenoxy) is 1. The predicted molar refractivity (Wildman–Crippen MR) is 62.1 cm³/mol. The summed E-state index contributed by atoms with van der Waals surface area (Å²) >= 11 is -1.67. The number of halogens is 2. The first kappa shape index (κ1) is 16.6. The minimum absolute atomic E-state index is 0.122. The van der Waals surface area contributed by atoms with Crippen molar-refractivity contribution in [3.05, 3.63) is 0 Å². The van der Waals surface area contributed by atoms with Crippen molar-refractivity contribution in [1.82, 2.24) is 4.72 Å². The number of hydrogen-bond acceptors (Lipinski definition) is 4. The van der Waals surface area contributed by atoms with Crippen molar-refractivity contribution in [1.29, 1.82) is 0 Å². The highest BCUT2D eigenvalue weighted by molar-refractivity contribution is 7.90. The molecule has 0 amide bonds. The second kappa shape index (κ2) is 5.97. The first-order chi connectivity index (χ1) is 7.53. The van der Waals surface area contributed by atoms with E-state index in [1.807, 2.05) is 0 Å². The Hall–Kier alpha value is -0.400. The third-order valence-electron chi connectivity index (χ3n) is 1.93. The highest BCUT2D eigenvalue weighted by Gasteiger charge is 2.49. The van der Waals surface area contributed by atoms with Gasteiger partial charge in [-0.3, -0.25) is 0 Å². The van der Waals surface area contributed by atoms with Crippen molar-refractivity contribution in [2.24, 2.45) is 0 Å². The van der Waals surface area contributed by atoms with E-state index in [9.17, 15) is 18.1 Å². The number of carbonyl (C=O) groups excluding carboxylic acids is 1. The van der Waals surface area contributed by atoms with Gasteiger partial charge < -0.3 is 9.29 Å². The summed E-state index contributed by atoms with van der Waals surface area (Å²) in [5, 5.41) is 0. The molecule has 0 aromatic rings. The van der Waals surface area contributed by atoms with E-state index in [1.54, 1.807) is 20.8 Å². The molecule has 0 saturated carbocycles. The van der Waals surface area contributed by atoms with Gasteiger partial charge in [0.15, 0.2) is 0 Å². The van der Waals surface area contributed by atoms with Gasteiger partial charge in [-0.1, -0.05) is 0 Å². The molecular formula is C10H19F2NO3S. The molecule has 0 aliphatic rings. The first-order valence-corrected chi connectivity index (χ1v) is 6.41. The van der Waals surface area contributed by atoms with Crippen molar-refractivity contribution in [2.45, 2.75) is 51.3 Å². The maximum absolute atomic E-state index is 13.5. The van der Waals surface area contributed by atoms with Crippen molar-refractivity contribution in [3.8, 4) is 0 Å². The molecule has 0 rings (SSSR count). The fraction of sp³-hybridized carbons (Fsp3) is 0.900. The van der Waals surface area contributed by atoms with Gasteiger partial charge in [-0.05, 0) is 34.6 Å². The fourth-order valence-corrected chi connectivity index (χ4v) is 1.64. The molecule has 0 spiro atoms. The Morgan fingerprint density at radius 1 is 1.47 bits per heavy atom. The smallest absolute Gasteiger partial charge is 0.378 e. The Labute approximate surface area is 103 Å². The van der Waals surface area contributed by atoms with E-state index < -0.39 is 34.0 Å². The molecular weight excluding hydrogens is 252 g/mol. The Bertz CT molecular complexity index is 269. The summed E-state index contributed by atoms with van der Waals surface area (Å²) in [4.78, 5) is 11.0. The van der Waals surface area contributed by atoms with Gasteiger partial charge in [0.25, 0.3) is 0 Å². The lowest BCUT2D eigenvalue weighted by molar-refractivity contribution is -0.174. The van der Waals surface area contributed by atoms with Gasteiger partial charge >= 0.3 is 11.9 Å². The molecule has 0 bridgehead atoms. The molecule has 1 N–H and O–H groups in total. The molecule has 0 saturated heterocycles. The maximum Gasteiger partial charge on any atom is 0.378 e. The molecule has 0 aromatic heterocycles. The third kappa shape index (κ3) is 4.77. The van der Waals surface area contributed by atoms with E-state index in [2.05, 4.69) is 9.46 Å². The first-order valence-electron chi connectivity index (χ1n) is 5.26. The van der Waals surface area contributed by atoms with Gasteiger partial charge in [0.05, 0.1) is 6.61 Å². The molecule has 0 heterocycles. The summed E-state index contributed by atoms with van der Waals surface area (Å²) in [7, 11) is 0. The van der Waals surface area contributed by atoms with Crippen LogP contribution in [0.15, 0.2) is 0 Å². The maximum atomic E-state index is 13.5. The van der Waals surface area contributed by atoms with Crippen LogP contribution >= 0.6 is 0 Å². The van der Waals surface area contributed by atoms with E-state index in [0.717, 1.165) is 6.92 Å². The molecule has 0 fully saturated rings. The van der Waals surface area contributed by atoms with Crippen LogP contribution in [-0.4, -0.2) is 33.8 Å². The Kier molecular flexibility index (Phi) is 5.83. The standard InChI is InChI=1S/C10H19F2NO3S/c1-6-16-8(14)10(11,12)7(2)13-17(15)9(3,4)5/h7,13H,6H2,1-5H3/t7?,17-/m0/s1. The quantitative estimate of drug-likeness (QED) is 0.610. The number of carbonyl (C=O) groups is 1. The average Bonchev–Trinajstić information content (AvgIpc) is 2.16. The molecule has 4 nitrogen and oxygen atoms in total. The lowest BCUT2D eigenvalue weighted by Crippen LogP contribution is -2.54. The van der Waals surface area contributed by atoms with Gasteiger partial charge in [-0.25, -0.2) is 4.79 Å². The second-order valence-electron chi connectivity index (χ2n) is 4.56. The topological polar surface area (TPSA) is 61.4 Å². The Balaban J connectivity index is 4.59. The van der Waals surface area contributed by atoms with E-state index >= 15 is 0 Å².